The minimum atomic E-state index is -0.950. The van der Waals surface area contributed by atoms with Gasteiger partial charge in [-0.2, -0.15) is 0 Å². The second kappa shape index (κ2) is 7.43. The molecule has 7 nitrogen and oxygen atoms in total. The van der Waals surface area contributed by atoms with Gasteiger partial charge in [-0.15, -0.1) is 0 Å². The van der Waals surface area contributed by atoms with Crippen LogP contribution in [0.4, 0.5) is 11.4 Å². The number of esters is 1. The van der Waals surface area contributed by atoms with Crippen LogP contribution < -0.4 is 10.2 Å². The number of ether oxygens (including phenoxy) is 1. The molecule has 0 radical (unpaired) electrons. The summed E-state index contributed by atoms with van der Waals surface area (Å²) in [6, 6.07) is 10.4. The van der Waals surface area contributed by atoms with Gasteiger partial charge in [0.2, 0.25) is 5.91 Å². The topological polar surface area (TPSA) is 80.6 Å². The highest BCUT2D eigenvalue weighted by Crippen LogP contribution is 2.24. The fourth-order valence-corrected chi connectivity index (χ4v) is 2.86. The normalized spacial score (nSPS) is 15.0. The van der Waals surface area contributed by atoms with Crippen molar-refractivity contribution in [3.05, 3.63) is 48.3 Å². The van der Waals surface area contributed by atoms with E-state index in [1.807, 2.05) is 6.07 Å². The molecule has 2 amide bonds. The van der Waals surface area contributed by atoms with Crippen LogP contribution in [0.3, 0.4) is 0 Å². The Morgan fingerprint density at radius 2 is 2.04 bits per heavy atom. The second-order valence-electron chi connectivity index (χ2n) is 6.24. The molecule has 1 atom stereocenters. The molecule has 3 rings (SSSR count). The maximum atomic E-state index is 12.3. The molecular formula is C19H21N3O4. The lowest BCUT2D eigenvalue weighted by atomic mass is 10.2. The molecule has 0 spiro atoms. The van der Waals surface area contributed by atoms with Gasteiger partial charge in [0.15, 0.2) is 6.10 Å². The third-order valence-electron chi connectivity index (χ3n) is 4.30. The first-order valence-electron chi connectivity index (χ1n) is 8.49. The Hall–Kier alpha value is -3.09. The number of carbonyl (C=O) groups excluding carboxylic acids is 3. The van der Waals surface area contributed by atoms with Gasteiger partial charge in [-0.05, 0) is 43.7 Å². The van der Waals surface area contributed by atoms with Crippen LogP contribution in [0.15, 0.2) is 42.6 Å². The molecule has 2 heterocycles. The summed E-state index contributed by atoms with van der Waals surface area (Å²) < 4.78 is 6.85. The van der Waals surface area contributed by atoms with Crippen LogP contribution >= 0.6 is 0 Å². The van der Waals surface area contributed by atoms with Crippen LogP contribution in [-0.2, 0) is 21.4 Å². The lowest BCUT2D eigenvalue weighted by molar-refractivity contribution is -0.123. The van der Waals surface area contributed by atoms with Crippen LogP contribution in [0.25, 0.3) is 0 Å². The number of aryl methyl sites for hydroxylation is 1. The van der Waals surface area contributed by atoms with E-state index in [2.05, 4.69) is 5.32 Å². The molecule has 1 aliphatic rings. The van der Waals surface area contributed by atoms with Gasteiger partial charge >= 0.3 is 5.97 Å². The number of benzene rings is 1. The van der Waals surface area contributed by atoms with Crippen molar-refractivity contribution in [1.29, 1.82) is 0 Å². The van der Waals surface area contributed by atoms with Crippen LogP contribution in [0, 0.1) is 0 Å². The quantitative estimate of drug-likeness (QED) is 0.835. The zero-order valence-electron chi connectivity index (χ0n) is 14.8. The Balaban J connectivity index is 1.63. The fourth-order valence-electron chi connectivity index (χ4n) is 2.86. The molecule has 1 aliphatic heterocycles. The number of nitrogens with zero attached hydrogens (tertiary/aromatic N) is 2. The summed E-state index contributed by atoms with van der Waals surface area (Å²) >= 11 is 0. The van der Waals surface area contributed by atoms with E-state index in [-0.39, 0.29) is 5.91 Å². The molecule has 0 aliphatic carbocycles. The summed E-state index contributed by atoms with van der Waals surface area (Å²) in [6.45, 7) is 2.20. The van der Waals surface area contributed by atoms with Gasteiger partial charge in [-0.3, -0.25) is 9.59 Å². The maximum Gasteiger partial charge on any atom is 0.355 e. The summed E-state index contributed by atoms with van der Waals surface area (Å²) in [6.07, 6.45) is 2.16. The van der Waals surface area contributed by atoms with Crippen molar-refractivity contribution in [2.75, 3.05) is 16.8 Å². The number of nitrogens with one attached hydrogen (secondary N) is 1. The van der Waals surface area contributed by atoms with Crippen molar-refractivity contribution in [3.8, 4) is 0 Å². The number of carbonyl (C=O) groups is 3. The predicted molar refractivity (Wildman–Crippen MR) is 96.9 cm³/mol. The Bertz CT molecular complexity index is 843. The van der Waals surface area contributed by atoms with Crippen LogP contribution in [0.2, 0.25) is 0 Å². The van der Waals surface area contributed by atoms with Gasteiger partial charge in [-0.25, -0.2) is 4.79 Å². The number of anilines is 2. The molecule has 1 aromatic carbocycles. The van der Waals surface area contributed by atoms with Gasteiger partial charge in [0.1, 0.15) is 5.69 Å². The van der Waals surface area contributed by atoms with Crippen molar-refractivity contribution in [3.63, 3.8) is 0 Å². The molecule has 0 bridgehead atoms. The van der Waals surface area contributed by atoms with Gasteiger partial charge in [0.05, 0.1) is 0 Å². The summed E-state index contributed by atoms with van der Waals surface area (Å²) in [5.41, 5.74) is 1.67. The largest absolute Gasteiger partial charge is 0.448 e. The number of rotatable bonds is 5. The average molecular weight is 355 g/mol. The Labute approximate surface area is 151 Å². The molecule has 1 aromatic heterocycles. The zero-order valence-corrected chi connectivity index (χ0v) is 14.8. The minimum absolute atomic E-state index is 0.0818. The van der Waals surface area contributed by atoms with Crippen molar-refractivity contribution in [2.24, 2.45) is 7.05 Å². The van der Waals surface area contributed by atoms with E-state index in [1.54, 1.807) is 53.0 Å². The second-order valence-corrected chi connectivity index (χ2v) is 6.24. The minimum Gasteiger partial charge on any atom is -0.448 e. The van der Waals surface area contributed by atoms with E-state index in [9.17, 15) is 14.4 Å². The van der Waals surface area contributed by atoms with Crippen LogP contribution in [0.5, 0.6) is 0 Å². The smallest absolute Gasteiger partial charge is 0.355 e. The summed E-state index contributed by atoms with van der Waals surface area (Å²) in [5.74, 6) is -0.910. The SMILES string of the molecule is C[C@H](OC(=O)c1cccn1C)C(=O)Nc1cccc(N2CCCC2=O)c1. The zero-order chi connectivity index (χ0) is 18.7. The highest BCUT2D eigenvalue weighted by molar-refractivity contribution is 5.99. The van der Waals surface area contributed by atoms with E-state index in [0.29, 0.717) is 24.3 Å². The summed E-state index contributed by atoms with van der Waals surface area (Å²) in [4.78, 5) is 38.0. The van der Waals surface area contributed by atoms with E-state index in [0.717, 1.165) is 12.1 Å². The summed E-state index contributed by atoms with van der Waals surface area (Å²) in [5, 5.41) is 2.72. The monoisotopic (exact) mass is 355 g/mol. The average Bonchev–Trinajstić information content (AvgIpc) is 3.23. The van der Waals surface area contributed by atoms with E-state index in [1.165, 1.54) is 6.92 Å². The Morgan fingerprint density at radius 1 is 1.23 bits per heavy atom. The first-order valence-corrected chi connectivity index (χ1v) is 8.49. The molecule has 0 unspecified atom stereocenters. The number of aromatic nitrogens is 1. The van der Waals surface area contributed by atoms with Crippen LogP contribution in [-0.4, -0.2) is 35.0 Å². The first kappa shape index (κ1) is 17.7. The molecule has 1 saturated heterocycles. The number of hydrogen-bond donors (Lipinski definition) is 1. The molecule has 7 heteroatoms. The van der Waals surface area contributed by atoms with Crippen molar-refractivity contribution in [1.82, 2.24) is 4.57 Å². The van der Waals surface area contributed by atoms with E-state index < -0.39 is 18.0 Å². The third kappa shape index (κ3) is 3.77. The van der Waals surface area contributed by atoms with Crippen molar-refractivity contribution >= 4 is 29.2 Å². The molecule has 26 heavy (non-hydrogen) atoms. The molecule has 136 valence electrons. The fraction of sp³-hybridized carbons (Fsp3) is 0.316. The van der Waals surface area contributed by atoms with Crippen molar-refractivity contribution < 1.29 is 19.1 Å². The highest BCUT2D eigenvalue weighted by atomic mass is 16.5. The van der Waals surface area contributed by atoms with Gasteiger partial charge < -0.3 is 19.5 Å². The maximum absolute atomic E-state index is 12.3. The van der Waals surface area contributed by atoms with Gasteiger partial charge in [0.25, 0.3) is 5.91 Å². The standard InChI is InChI=1S/C19H21N3O4/c1-13(26-19(25)16-8-4-10-21(16)2)18(24)20-14-6-3-7-15(12-14)22-11-5-9-17(22)23/h3-4,6-8,10,12-13H,5,9,11H2,1-2H3,(H,20,24)/t13-/m0/s1. The molecule has 2 aromatic rings. The molecule has 1 fully saturated rings. The lowest BCUT2D eigenvalue weighted by Gasteiger charge is -2.18. The highest BCUT2D eigenvalue weighted by Gasteiger charge is 2.23. The number of amides is 2. The van der Waals surface area contributed by atoms with E-state index in [4.69, 9.17) is 4.74 Å². The molecule has 0 saturated carbocycles. The van der Waals surface area contributed by atoms with Gasteiger partial charge in [-0.1, -0.05) is 6.07 Å². The van der Waals surface area contributed by atoms with Gasteiger partial charge in [0, 0.05) is 37.6 Å². The lowest BCUT2D eigenvalue weighted by Crippen LogP contribution is -2.30. The van der Waals surface area contributed by atoms with E-state index >= 15 is 0 Å². The summed E-state index contributed by atoms with van der Waals surface area (Å²) in [7, 11) is 1.73. The van der Waals surface area contributed by atoms with Crippen LogP contribution in [0.1, 0.15) is 30.3 Å². The molecular weight excluding hydrogens is 334 g/mol. The third-order valence-corrected chi connectivity index (χ3v) is 4.30. The Morgan fingerprint density at radius 3 is 2.69 bits per heavy atom. The first-order chi connectivity index (χ1) is 12.5. The number of hydrogen-bond acceptors (Lipinski definition) is 4. The molecule has 1 N–H and O–H groups in total. The van der Waals surface area contributed by atoms with Crippen molar-refractivity contribution in [2.45, 2.75) is 25.9 Å². The Kier molecular flexibility index (Phi) is 5.06. The predicted octanol–water partition coefficient (Wildman–Crippen LogP) is 2.34.